The number of likely N-dealkylation sites (tertiary alicyclic amines) is 1. The van der Waals surface area contributed by atoms with Crippen LogP contribution in [-0.4, -0.2) is 49.6 Å². The first-order chi connectivity index (χ1) is 6.24. The second kappa shape index (κ2) is 5.11. The van der Waals surface area contributed by atoms with E-state index in [-0.39, 0.29) is 0 Å². The number of piperidine rings is 1. The third-order valence-corrected chi connectivity index (χ3v) is 2.69. The van der Waals surface area contributed by atoms with Gasteiger partial charge in [-0.25, -0.2) is 0 Å². The topological polar surface area (TPSA) is 32.5 Å². The van der Waals surface area contributed by atoms with Crippen LogP contribution in [0.15, 0.2) is 0 Å². The molecule has 0 aliphatic carbocycles. The molecule has 13 heavy (non-hydrogen) atoms. The molecule has 0 unspecified atom stereocenters. The van der Waals surface area contributed by atoms with Crippen LogP contribution in [0.3, 0.4) is 0 Å². The quantitative estimate of drug-likeness (QED) is 0.478. The van der Waals surface area contributed by atoms with Gasteiger partial charge in [0.25, 0.3) is 0 Å². The number of hydrogen-bond donors (Lipinski definition) is 1. The monoisotopic (exact) mass is 181 g/mol. The predicted molar refractivity (Wildman–Crippen MR) is 55.1 cm³/mol. The second-order valence-corrected chi connectivity index (χ2v) is 3.79. The van der Waals surface area contributed by atoms with Crippen LogP contribution in [0.4, 0.5) is 0 Å². The fourth-order valence-electron chi connectivity index (χ4n) is 1.75. The van der Waals surface area contributed by atoms with E-state index in [9.17, 15) is 0 Å². The van der Waals surface area contributed by atoms with Crippen LogP contribution in [0.2, 0.25) is 0 Å². The molecule has 1 saturated heterocycles. The van der Waals surface area contributed by atoms with Crippen molar-refractivity contribution in [2.45, 2.75) is 18.9 Å². The minimum absolute atomic E-state index is 0.752. The van der Waals surface area contributed by atoms with E-state index in [1.807, 2.05) is 0 Å². The van der Waals surface area contributed by atoms with E-state index in [0.717, 1.165) is 25.7 Å². The van der Waals surface area contributed by atoms with Gasteiger partial charge in [-0.15, -0.1) is 0 Å². The Labute approximate surface area is 80.9 Å². The molecule has 3 nitrogen and oxygen atoms in total. The molecule has 0 aromatic carbocycles. The van der Waals surface area contributed by atoms with E-state index in [4.69, 9.17) is 5.73 Å². The summed E-state index contributed by atoms with van der Waals surface area (Å²) in [5.74, 6) is 2.90. The van der Waals surface area contributed by atoms with Crippen LogP contribution in [0.25, 0.3) is 0 Å². The van der Waals surface area contributed by atoms with E-state index in [0.29, 0.717) is 0 Å². The first kappa shape index (κ1) is 10.4. The van der Waals surface area contributed by atoms with Gasteiger partial charge in [-0.3, -0.25) is 4.90 Å². The summed E-state index contributed by atoms with van der Waals surface area (Å²) in [6, 6.07) is 3.20. The van der Waals surface area contributed by atoms with E-state index in [2.05, 4.69) is 35.9 Å². The van der Waals surface area contributed by atoms with Gasteiger partial charge in [0.2, 0.25) is 0 Å². The van der Waals surface area contributed by atoms with Gasteiger partial charge in [-0.05, 0) is 26.9 Å². The molecule has 1 heterocycles. The highest BCUT2D eigenvalue weighted by molar-refractivity contribution is 4.97. The Morgan fingerprint density at radius 2 is 2.00 bits per heavy atom. The maximum Gasteiger partial charge on any atom is 0.0619 e. The fraction of sp³-hybridized carbons (Fsp3) is 0.800. The first-order valence-electron chi connectivity index (χ1n) is 4.81. The molecule has 0 amide bonds. The zero-order valence-electron chi connectivity index (χ0n) is 8.58. The van der Waals surface area contributed by atoms with Crippen molar-refractivity contribution in [3.63, 3.8) is 0 Å². The molecule has 0 radical (unpaired) electrons. The van der Waals surface area contributed by atoms with Gasteiger partial charge in [0.15, 0.2) is 0 Å². The molecule has 0 saturated carbocycles. The lowest BCUT2D eigenvalue weighted by Crippen LogP contribution is -2.41. The van der Waals surface area contributed by atoms with Crippen LogP contribution >= 0.6 is 0 Å². The summed E-state index contributed by atoms with van der Waals surface area (Å²) < 4.78 is 0. The second-order valence-electron chi connectivity index (χ2n) is 3.79. The average molecular weight is 181 g/mol. The third-order valence-electron chi connectivity index (χ3n) is 2.69. The highest BCUT2D eigenvalue weighted by Crippen LogP contribution is 2.13. The van der Waals surface area contributed by atoms with Crippen LogP contribution in [0.5, 0.6) is 0 Å². The summed E-state index contributed by atoms with van der Waals surface area (Å²) in [5.41, 5.74) is 5.13. The molecule has 1 aliphatic heterocycles. The van der Waals surface area contributed by atoms with Crippen molar-refractivity contribution in [2.24, 2.45) is 5.73 Å². The molecular weight excluding hydrogens is 162 g/mol. The Hall–Kier alpha value is -0.720. The molecular formula is C10H19N3. The van der Waals surface area contributed by atoms with Crippen molar-refractivity contribution < 1.29 is 0 Å². The van der Waals surface area contributed by atoms with Crippen molar-refractivity contribution in [3.05, 3.63) is 0 Å². The molecule has 0 atom stereocenters. The van der Waals surface area contributed by atoms with Crippen LogP contribution in [0, 0.1) is 12.0 Å². The summed E-state index contributed by atoms with van der Waals surface area (Å²) in [5, 5.41) is 0. The van der Waals surface area contributed by atoms with Crippen molar-refractivity contribution in [1.82, 2.24) is 9.80 Å². The predicted octanol–water partition coefficient (Wildman–Crippen LogP) is -0.0680. The lowest BCUT2D eigenvalue weighted by Gasteiger charge is -2.34. The summed E-state index contributed by atoms with van der Waals surface area (Å²) >= 11 is 0. The largest absolute Gasteiger partial charge is 0.359 e. The van der Waals surface area contributed by atoms with Gasteiger partial charge in [-0.2, -0.15) is 0 Å². The lowest BCUT2D eigenvalue weighted by molar-refractivity contribution is 0.156. The number of nitrogens with two attached hydrogens (primary N) is 1. The summed E-state index contributed by atoms with van der Waals surface area (Å²) in [4.78, 5) is 4.67. The minimum Gasteiger partial charge on any atom is -0.359 e. The van der Waals surface area contributed by atoms with Crippen molar-refractivity contribution >= 4 is 0 Å². The Morgan fingerprint density at radius 3 is 2.46 bits per heavy atom. The molecule has 74 valence electrons. The Bertz CT molecular complexity index is 194. The Kier molecular flexibility index (Phi) is 4.07. The third kappa shape index (κ3) is 3.25. The lowest BCUT2D eigenvalue weighted by atomic mass is 10.0. The summed E-state index contributed by atoms with van der Waals surface area (Å²) in [7, 11) is 4.31. The normalized spacial score (nSPS) is 19.9. The number of rotatable bonds is 2. The Morgan fingerprint density at radius 1 is 1.38 bits per heavy atom. The average Bonchev–Trinajstić information content (AvgIpc) is 2.15. The first-order valence-corrected chi connectivity index (χ1v) is 4.81. The zero-order valence-corrected chi connectivity index (χ0v) is 8.58. The van der Waals surface area contributed by atoms with Gasteiger partial charge in [-0.1, -0.05) is 5.92 Å². The van der Waals surface area contributed by atoms with Crippen molar-refractivity contribution in [3.8, 4) is 12.0 Å². The molecule has 2 N–H and O–H groups in total. The maximum absolute atomic E-state index is 5.13. The van der Waals surface area contributed by atoms with Crippen molar-refractivity contribution in [2.75, 3.05) is 33.7 Å². The van der Waals surface area contributed by atoms with Gasteiger partial charge >= 0.3 is 0 Å². The highest BCUT2D eigenvalue weighted by Gasteiger charge is 2.19. The van der Waals surface area contributed by atoms with Gasteiger partial charge in [0.1, 0.15) is 0 Å². The SMILES string of the molecule is CN(C)C1CCN(CC#CN)CC1. The molecule has 0 spiro atoms. The van der Waals surface area contributed by atoms with E-state index in [1.54, 1.807) is 0 Å². The minimum atomic E-state index is 0.752. The van der Waals surface area contributed by atoms with Gasteiger partial charge < -0.3 is 10.6 Å². The van der Waals surface area contributed by atoms with E-state index in [1.165, 1.54) is 12.8 Å². The molecule has 0 aromatic rings. The summed E-state index contributed by atoms with van der Waals surface area (Å²) in [6.45, 7) is 3.13. The standard InChI is InChI=1S/C10H19N3/c1-12(2)10-4-8-13(9-5-10)7-3-6-11/h10H,4-5,7-9,11H2,1-2H3. The Balaban J connectivity index is 2.25. The molecule has 3 heteroatoms. The highest BCUT2D eigenvalue weighted by atomic mass is 15.2. The van der Waals surface area contributed by atoms with Gasteiger partial charge in [0, 0.05) is 25.2 Å². The smallest absolute Gasteiger partial charge is 0.0619 e. The molecule has 0 bridgehead atoms. The number of nitrogens with zero attached hydrogens (tertiary/aromatic N) is 2. The van der Waals surface area contributed by atoms with Gasteiger partial charge in [0.05, 0.1) is 6.54 Å². The van der Waals surface area contributed by atoms with E-state index < -0.39 is 0 Å². The summed E-state index contributed by atoms with van der Waals surface area (Å²) in [6.07, 6.45) is 2.50. The fourth-order valence-corrected chi connectivity index (χ4v) is 1.75. The van der Waals surface area contributed by atoms with Crippen LogP contribution in [0.1, 0.15) is 12.8 Å². The van der Waals surface area contributed by atoms with Crippen molar-refractivity contribution in [1.29, 1.82) is 0 Å². The molecule has 0 aromatic heterocycles. The van der Waals surface area contributed by atoms with Crippen LogP contribution in [-0.2, 0) is 0 Å². The molecule has 1 aliphatic rings. The number of hydrogen-bond acceptors (Lipinski definition) is 3. The van der Waals surface area contributed by atoms with E-state index >= 15 is 0 Å². The van der Waals surface area contributed by atoms with Crippen LogP contribution < -0.4 is 5.73 Å². The zero-order chi connectivity index (χ0) is 9.68. The maximum atomic E-state index is 5.13. The molecule has 1 rings (SSSR count). The molecule has 1 fully saturated rings.